The Labute approximate surface area is 183 Å². The zero-order valence-corrected chi connectivity index (χ0v) is 20.2. The van der Waals surface area contributed by atoms with Crippen molar-refractivity contribution in [3.05, 3.63) is 0 Å². The van der Waals surface area contributed by atoms with Gasteiger partial charge in [-0.15, -0.1) is 12.4 Å². The van der Waals surface area contributed by atoms with Gasteiger partial charge in [0.25, 0.3) is 0 Å². The van der Waals surface area contributed by atoms with Gasteiger partial charge in [0, 0.05) is 13.1 Å². The molecule has 0 bridgehead atoms. The van der Waals surface area contributed by atoms with Crippen LogP contribution in [0.1, 0.15) is 124 Å². The van der Waals surface area contributed by atoms with Gasteiger partial charge in [0.1, 0.15) is 0 Å². The summed E-state index contributed by atoms with van der Waals surface area (Å²) in [5.41, 5.74) is 0. The fourth-order valence-corrected chi connectivity index (χ4v) is 3.89. The summed E-state index contributed by atoms with van der Waals surface area (Å²) in [7, 11) is 0. The first-order valence-corrected chi connectivity index (χ1v) is 12.1. The van der Waals surface area contributed by atoms with Crippen molar-refractivity contribution in [2.75, 3.05) is 19.6 Å². The molecular formula is C24H52ClNO2. The Kier molecular flexibility index (Phi) is 25.4. The zero-order valence-electron chi connectivity index (χ0n) is 19.3. The maximum atomic E-state index is 9.55. The van der Waals surface area contributed by atoms with Crippen LogP contribution in [0.3, 0.4) is 0 Å². The molecule has 2 N–H and O–H groups in total. The van der Waals surface area contributed by atoms with Gasteiger partial charge >= 0.3 is 0 Å². The van der Waals surface area contributed by atoms with Crippen LogP contribution in [0.5, 0.6) is 0 Å². The van der Waals surface area contributed by atoms with E-state index in [1.54, 1.807) is 0 Å². The molecule has 0 aliphatic rings. The molecule has 4 heteroatoms. The fourth-order valence-electron chi connectivity index (χ4n) is 3.89. The molecule has 0 amide bonds. The lowest BCUT2D eigenvalue weighted by molar-refractivity contribution is 0.0825. The molecule has 172 valence electrons. The van der Waals surface area contributed by atoms with E-state index in [9.17, 15) is 10.2 Å². The highest BCUT2D eigenvalue weighted by Gasteiger charge is 2.10. The van der Waals surface area contributed by atoms with E-state index in [2.05, 4.69) is 11.8 Å². The topological polar surface area (TPSA) is 43.7 Å². The third kappa shape index (κ3) is 24.2. The molecule has 0 fully saturated rings. The van der Waals surface area contributed by atoms with Crippen molar-refractivity contribution >= 4 is 12.4 Å². The highest BCUT2D eigenvalue weighted by molar-refractivity contribution is 5.85. The zero-order chi connectivity index (χ0) is 20.2. The third-order valence-corrected chi connectivity index (χ3v) is 5.37. The van der Waals surface area contributed by atoms with Crippen LogP contribution in [-0.2, 0) is 0 Å². The first kappa shape index (κ1) is 30.4. The average Bonchev–Trinajstić information content (AvgIpc) is 2.60. The van der Waals surface area contributed by atoms with Crippen molar-refractivity contribution in [2.45, 2.75) is 136 Å². The standard InChI is InChI=1S/C24H51NO2.ClH/c1-4-5-6-7-8-9-10-11-12-13-14-15-16-17-18-19-20-25(21-23(2)26)22-24(3)27;/h23-24,26-27H,4-22H2,1-3H3;1H. The monoisotopic (exact) mass is 421 g/mol. The summed E-state index contributed by atoms with van der Waals surface area (Å²) in [6.07, 6.45) is 21.6. The molecule has 0 aliphatic heterocycles. The van der Waals surface area contributed by atoms with E-state index in [-0.39, 0.29) is 24.6 Å². The minimum Gasteiger partial charge on any atom is -0.392 e. The number of aliphatic hydroxyl groups excluding tert-OH is 2. The van der Waals surface area contributed by atoms with Crippen LogP contribution in [0.4, 0.5) is 0 Å². The van der Waals surface area contributed by atoms with Gasteiger partial charge in [-0.2, -0.15) is 0 Å². The molecule has 0 aromatic carbocycles. The lowest BCUT2D eigenvalue weighted by Gasteiger charge is -2.24. The molecule has 0 aromatic rings. The molecule has 2 atom stereocenters. The van der Waals surface area contributed by atoms with Crippen LogP contribution in [0.25, 0.3) is 0 Å². The van der Waals surface area contributed by atoms with Gasteiger partial charge in [-0.1, -0.05) is 103 Å². The first-order valence-electron chi connectivity index (χ1n) is 12.1. The maximum absolute atomic E-state index is 9.55. The summed E-state index contributed by atoms with van der Waals surface area (Å²) in [6, 6.07) is 0. The van der Waals surface area contributed by atoms with Gasteiger partial charge in [0.15, 0.2) is 0 Å². The Balaban J connectivity index is 0. The second-order valence-corrected chi connectivity index (χ2v) is 8.76. The maximum Gasteiger partial charge on any atom is 0.0639 e. The largest absolute Gasteiger partial charge is 0.392 e. The van der Waals surface area contributed by atoms with E-state index in [1.165, 1.54) is 103 Å². The molecule has 0 aromatic heterocycles. The van der Waals surface area contributed by atoms with Crippen molar-refractivity contribution in [2.24, 2.45) is 0 Å². The number of unbranched alkanes of at least 4 members (excludes halogenated alkanes) is 15. The lowest BCUT2D eigenvalue weighted by Crippen LogP contribution is -2.36. The van der Waals surface area contributed by atoms with Crippen LogP contribution in [-0.4, -0.2) is 47.0 Å². The van der Waals surface area contributed by atoms with Crippen molar-refractivity contribution in [3.63, 3.8) is 0 Å². The molecule has 0 aliphatic carbocycles. The fraction of sp³-hybridized carbons (Fsp3) is 1.00. The number of rotatable bonds is 21. The number of nitrogens with zero attached hydrogens (tertiary/aromatic N) is 1. The van der Waals surface area contributed by atoms with Gasteiger partial charge in [0.05, 0.1) is 12.2 Å². The van der Waals surface area contributed by atoms with Gasteiger partial charge in [0.2, 0.25) is 0 Å². The van der Waals surface area contributed by atoms with Crippen molar-refractivity contribution in [1.82, 2.24) is 4.90 Å². The van der Waals surface area contributed by atoms with E-state index < -0.39 is 0 Å². The third-order valence-electron chi connectivity index (χ3n) is 5.37. The summed E-state index contributed by atoms with van der Waals surface area (Å²) in [4.78, 5) is 2.19. The van der Waals surface area contributed by atoms with Gasteiger partial charge in [-0.3, -0.25) is 4.90 Å². The molecule has 0 radical (unpaired) electrons. The van der Waals surface area contributed by atoms with Gasteiger partial charge in [-0.25, -0.2) is 0 Å². The summed E-state index contributed by atoms with van der Waals surface area (Å²) in [6.45, 7) is 8.26. The molecule has 28 heavy (non-hydrogen) atoms. The predicted molar refractivity (Wildman–Crippen MR) is 127 cm³/mol. The summed E-state index contributed by atoms with van der Waals surface area (Å²) in [5.74, 6) is 0. The quantitative estimate of drug-likeness (QED) is 0.202. The average molecular weight is 422 g/mol. The van der Waals surface area contributed by atoms with E-state index in [4.69, 9.17) is 0 Å². The molecule has 0 saturated carbocycles. The highest BCUT2D eigenvalue weighted by Crippen LogP contribution is 2.14. The molecular weight excluding hydrogens is 370 g/mol. The first-order chi connectivity index (χ1) is 13.1. The second-order valence-electron chi connectivity index (χ2n) is 8.76. The van der Waals surface area contributed by atoms with Gasteiger partial charge < -0.3 is 10.2 Å². The lowest BCUT2D eigenvalue weighted by atomic mass is 10.0. The Morgan fingerprint density at radius 2 is 0.821 bits per heavy atom. The van der Waals surface area contributed by atoms with Crippen LogP contribution >= 0.6 is 12.4 Å². The summed E-state index contributed by atoms with van der Waals surface area (Å²) in [5, 5.41) is 19.1. The molecule has 2 unspecified atom stereocenters. The molecule has 0 heterocycles. The van der Waals surface area contributed by atoms with E-state index in [1.807, 2.05) is 13.8 Å². The smallest absolute Gasteiger partial charge is 0.0639 e. The molecule has 0 rings (SSSR count). The normalized spacial score (nSPS) is 13.5. The van der Waals surface area contributed by atoms with E-state index >= 15 is 0 Å². The number of hydrogen-bond acceptors (Lipinski definition) is 3. The Morgan fingerprint density at radius 1 is 0.536 bits per heavy atom. The van der Waals surface area contributed by atoms with E-state index in [0.29, 0.717) is 13.1 Å². The predicted octanol–water partition coefficient (Wildman–Crippen LogP) is 6.73. The second kappa shape index (κ2) is 23.4. The van der Waals surface area contributed by atoms with E-state index in [0.717, 1.165) is 6.54 Å². The Bertz CT molecular complexity index is 278. The van der Waals surface area contributed by atoms with Crippen molar-refractivity contribution in [1.29, 1.82) is 0 Å². The molecule has 0 saturated heterocycles. The minimum absolute atomic E-state index is 0. The van der Waals surface area contributed by atoms with Crippen LogP contribution in [0, 0.1) is 0 Å². The number of hydrogen-bond donors (Lipinski definition) is 2. The highest BCUT2D eigenvalue weighted by atomic mass is 35.5. The minimum atomic E-state index is -0.315. The van der Waals surface area contributed by atoms with Crippen molar-refractivity contribution < 1.29 is 10.2 Å². The van der Waals surface area contributed by atoms with Crippen LogP contribution in [0.2, 0.25) is 0 Å². The van der Waals surface area contributed by atoms with Crippen LogP contribution < -0.4 is 0 Å². The summed E-state index contributed by atoms with van der Waals surface area (Å²) < 4.78 is 0. The van der Waals surface area contributed by atoms with Gasteiger partial charge in [-0.05, 0) is 26.8 Å². The molecule has 3 nitrogen and oxygen atoms in total. The Morgan fingerprint density at radius 3 is 1.11 bits per heavy atom. The Hall–Kier alpha value is 0.170. The van der Waals surface area contributed by atoms with Crippen LogP contribution in [0.15, 0.2) is 0 Å². The van der Waals surface area contributed by atoms with Crippen molar-refractivity contribution in [3.8, 4) is 0 Å². The number of halogens is 1. The summed E-state index contributed by atoms with van der Waals surface area (Å²) >= 11 is 0. The molecule has 0 spiro atoms. The SMILES string of the molecule is CCCCCCCCCCCCCCCCCCN(CC(C)O)CC(C)O.Cl. The number of aliphatic hydroxyl groups is 2.